The van der Waals surface area contributed by atoms with Gasteiger partial charge in [0.1, 0.15) is 0 Å². The van der Waals surface area contributed by atoms with E-state index < -0.39 is 0 Å². The van der Waals surface area contributed by atoms with E-state index in [9.17, 15) is 0 Å². The monoisotopic (exact) mass is 235 g/mol. The van der Waals surface area contributed by atoms with Crippen molar-refractivity contribution in [3.8, 4) is 0 Å². The van der Waals surface area contributed by atoms with Gasteiger partial charge in [0.05, 0.1) is 0 Å². The Balaban J connectivity index is 2.11. The first-order valence-electron chi connectivity index (χ1n) is 6.20. The van der Waals surface area contributed by atoms with Crippen molar-refractivity contribution < 1.29 is 0 Å². The van der Waals surface area contributed by atoms with Gasteiger partial charge in [0.2, 0.25) is 0 Å². The van der Waals surface area contributed by atoms with Crippen LogP contribution in [0.5, 0.6) is 0 Å². The highest BCUT2D eigenvalue weighted by molar-refractivity contribution is 8.00. The molecule has 0 aliphatic heterocycles. The number of rotatable bonds is 3. The van der Waals surface area contributed by atoms with Gasteiger partial charge in [0, 0.05) is 16.2 Å². The lowest BCUT2D eigenvalue weighted by Gasteiger charge is -2.35. The van der Waals surface area contributed by atoms with Crippen LogP contribution in [0.1, 0.15) is 37.7 Å². The fourth-order valence-corrected chi connectivity index (χ4v) is 3.94. The molecule has 16 heavy (non-hydrogen) atoms. The summed E-state index contributed by atoms with van der Waals surface area (Å²) in [5.74, 6) is 0. The summed E-state index contributed by atoms with van der Waals surface area (Å²) >= 11 is 2.00. The Bertz CT molecular complexity index is 342. The van der Waals surface area contributed by atoms with Crippen molar-refractivity contribution in [3.63, 3.8) is 0 Å². The number of aryl methyl sites for hydroxylation is 1. The smallest absolute Gasteiger partial charge is 0.0329 e. The number of benzene rings is 1. The van der Waals surface area contributed by atoms with Crippen LogP contribution in [0.15, 0.2) is 29.2 Å². The first-order valence-corrected chi connectivity index (χ1v) is 7.02. The molecule has 0 unspecified atom stereocenters. The van der Waals surface area contributed by atoms with Crippen molar-refractivity contribution in [3.05, 3.63) is 29.8 Å². The third-order valence-electron chi connectivity index (χ3n) is 3.46. The topological polar surface area (TPSA) is 26.0 Å². The molecule has 1 saturated carbocycles. The van der Waals surface area contributed by atoms with Crippen LogP contribution in [-0.4, -0.2) is 11.3 Å². The Morgan fingerprint density at radius 2 is 2.00 bits per heavy atom. The molecule has 88 valence electrons. The summed E-state index contributed by atoms with van der Waals surface area (Å²) in [6.07, 6.45) is 6.63. The second-order valence-electron chi connectivity index (χ2n) is 4.87. The molecule has 0 radical (unpaired) electrons. The maximum atomic E-state index is 6.00. The second kappa shape index (κ2) is 5.24. The number of hydrogen-bond acceptors (Lipinski definition) is 2. The molecular formula is C14H21NS. The molecule has 1 aliphatic carbocycles. The third kappa shape index (κ3) is 2.80. The SMILES string of the molecule is Cc1cccc(SC2(CN)CCCCC2)c1. The molecule has 2 N–H and O–H groups in total. The van der Waals surface area contributed by atoms with Gasteiger partial charge in [-0.25, -0.2) is 0 Å². The minimum absolute atomic E-state index is 0.312. The summed E-state index contributed by atoms with van der Waals surface area (Å²) in [5.41, 5.74) is 7.34. The molecule has 1 nitrogen and oxygen atoms in total. The van der Waals surface area contributed by atoms with E-state index in [0.717, 1.165) is 6.54 Å². The van der Waals surface area contributed by atoms with Gasteiger partial charge in [-0.1, -0.05) is 37.0 Å². The molecule has 1 aliphatic rings. The van der Waals surface area contributed by atoms with E-state index in [0.29, 0.717) is 4.75 Å². The number of nitrogens with two attached hydrogens (primary N) is 1. The Morgan fingerprint density at radius 3 is 2.62 bits per heavy atom. The van der Waals surface area contributed by atoms with E-state index in [4.69, 9.17) is 5.73 Å². The lowest BCUT2D eigenvalue weighted by Crippen LogP contribution is -2.36. The molecule has 0 amide bonds. The predicted molar refractivity (Wildman–Crippen MR) is 71.9 cm³/mol. The molecule has 1 fully saturated rings. The lowest BCUT2D eigenvalue weighted by atomic mass is 9.88. The van der Waals surface area contributed by atoms with E-state index >= 15 is 0 Å². The molecule has 1 aromatic rings. The van der Waals surface area contributed by atoms with Gasteiger partial charge in [-0.15, -0.1) is 11.8 Å². The molecule has 0 bridgehead atoms. The fourth-order valence-electron chi connectivity index (χ4n) is 2.47. The number of hydrogen-bond donors (Lipinski definition) is 1. The standard InChI is InChI=1S/C14H21NS/c1-12-6-5-7-13(10-12)16-14(11-15)8-3-2-4-9-14/h5-7,10H,2-4,8-9,11,15H2,1H3. The zero-order valence-corrected chi connectivity index (χ0v) is 10.9. The quantitative estimate of drug-likeness (QED) is 0.863. The number of thioether (sulfide) groups is 1. The Morgan fingerprint density at radius 1 is 1.25 bits per heavy atom. The molecule has 1 aromatic carbocycles. The van der Waals surface area contributed by atoms with Gasteiger partial charge >= 0.3 is 0 Å². The summed E-state index contributed by atoms with van der Waals surface area (Å²) in [4.78, 5) is 1.38. The van der Waals surface area contributed by atoms with E-state index in [1.165, 1.54) is 42.6 Å². The second-order valence-corrected chi connectivity index (χ2v) is 6.41. The van der Waals surface area contributed by atoms with Crippen LogP contribution in [0.2, 0.25) is 0 Å². The van der Waals surface area contributed by atoms with Crippen LogP contribution in [-0.2, 0) is 0 Å². The first-order chi connectivity index (χ1) is 7.74. The highest BCUT2D eigenvalue weighted by Crippen LogP contribution is 2.43. The van der Waals surface area contributed by atoms with Gasteiger partial charge in [-0.2, -0.15) is 0 Å². The van der Waals surface area contributed by atoms with Gasteiger partial charge in [-0.05, 0) is 31.9 Å². The summed E-state index contributed by atoms with van der Waals surface area (Å²) in [6.45, 7) is 2.96. The maximum absolute atomic E-state index is 6.00. The highest BCUT2D eigenvalue weighted by Gasteiger charge is 2.31. The van der Waals surface area contributed by atoms with Crippen molar-refractivity contribution in [2.75, 3.05) is 6.54 Å². The van der Waals surface area contributed by atoms with Crippen molar-refractivity contribution in [1.29, 1.82) is 0 Å². The van der Waals surface area contributed by atoms with E-state index in [1.54, 1.807) is 0 Å². The van der Waals surface area contributed by atoms with E-state index in [1.807, 2.05) is 11.8 Å². The molecule has 0 heterocycles. The average molecular weight is 235 g/mol. The minimum atomic E-state index is 0.312. The molecule has 0 atom stereocenters. The first kappa shape index (κ1) is 12.0. The normalized spacial score (nSPS) is 19.6. The summed E-state index contributed by atoms with van der Waals surface area (Å²) < 4.78 is 0.312. The third-order valence-corrected chi connectivity index (χ3v) is 4.96. The largest absolute Gasteiger partial charge is 0.329 e. The van der Waals surface area contributed by atoms with Crippen LogP contribution < -0.4 is 5.73 Å². The van der Waals surface area contributed by atoms with Crippen LogP contribution in [0.3, 0.4) is 0 Å². The Labute approximate surface area is 103 Å². The van der Waals surface area contributed by atoms with Crippen LogP contribution in [0.25, 0.3) is 0 Å². The van der Waals surface area contributed by atoms with Crippen molar-refractivity contribution in [1.82, 2.24) is 0 Å². The molecule has 2 heteroatoms. The van der Waals surface area contributed by atoms with Gasteiger partial charge in [0.15, 0.2) is 0 Å². The van der Waals surface area contributed by atoms with Gasteiger partial charge in [-0.3, -0.25) is 0 Å². The van der Waals surface area contributed by atoms with Crippen LogP contribution >= 0.6 is 11.8 Å². The summed E-state index contributed by atoms with van der Waals surface area (Å²) in [7, 11) is 0. The fraction of sp³-hybridized carbons (Fsp3) is 0.571. The maximum Gasteiger partial charge on any atom is 0.0329 e. The Kier molecular flexibility index (Phi) is 3.93. The van der Waals surface area contributed by atoms with Crippen molar-refractivity contribution in [2.45, 2.75) is 48.7 Å². The molecule has 0 saturated heterocycles. The van der Waals surface area contributed by atoms with E-state index in [2.05, 4.69) is 31.2 Å². The van der Waals surface area contributed by atoms with Crippen LogP contribution in [0, 0.1) is 6.92 Å². The highest BCUT2D eigenvalue weighted by atomic mass is 32.2. The summed E-state index contributed by atoms with van der Waals surface area (Å²) in [5, 5.41) is 0. The molecule has 2 rings (SSSR count). The molecular weight excluding hydrogens is 214 g/mol. The zero-order chi connectivity index (χ0) is 11.4. The van der Waals surface area contributed by atoms with Crippen molar-refractivity contribution in [2.24, 2.45) is 5.73 Å². The van der Waals surface area contributed by atoms with Crippen LogP contribution in [0.4, 0.5) is 0 Å². The zero-order valence-electron chi connectivity index (χ0n) is 10.0. The average Bonchev–Trinajstić information content (AvgIpc) is 2.30. The molecule has 0 aromatic heterocycles. The predicted octanol–water partition coefficient (Wildman–Crippen LogP) is 3.75. The summed E-state index contributed by atoms with van der Waals surface area (Å²) in [6, 6.07) is 8.78. The lowest BCUT2D eigenvalue weighted by molar-refractivity contribution is 0.404. The van der Waals surface area contributed by atoms with Gasteiger partial charge in [0.25, 0.3) is 0 Å². The van der Waals surface area contributed by atoms with E-state index in [-0.39, 0.29) is 0 Å². The van der Waals surface area contributed by atoms with Gasteiger partial charge < -0.3 is 5.73 Å². The van der Waals surface area contributed by atoms with Crippen molar-refractivity contribution >= 4 is 11.8 Å². The Hall–Kier alpha value is -0.470. The molecule has 0 spiro atoms. The minimum Gasteiger partial charge on any atom is -0.329 e.